The zero-order valence-electron chi connectivity index (χ0n) is 9.22. The van der Waals surface area contributed by atoms with Crippen molar-refractivity contribution in [2.24, 2.45) is 5.73 Å². The van der Waals surface area contributed by atoms with Crippen LogP contribution in [0.5, 0.6) is 0 Å². The molecule has 2 rings (SSSR count). The van der Waals surface area contributed by atoms with Gasteiger partial charge in [0.05, 0.1) is 5.54 Å². The summed E-state index contributed by atoms with van der Waals surface area (Å²) in [5, 5.41) is 0. The second-order valence-corrected chi connectivity index (χ2v) is 5.41. The van der Waals surface area contributed by atoms with Gasteiger partial charge in [-0.25, -0.2) is 4.98 Å². The van der Waals surface area contributed by atoms with Gasteiger partial charge in [0.25, 0.3) is 0 Å². The fraction of sp³-hybridized carbons (Fsp3) is 0.727. The summed E-state index contributed by atoms with van der Waals surface area (Å²) >= 11 is 0. The van der Waals surface area contributed by atoms with Gasteiger partial charge < -0.3 is 10.7 Å². The predicted molar refractivity (Wildman–Crippen MR) is 57.0 cm³/mol. The summed E-state index contributed by atoms with van der Waals surface area (Å²) in [6.45, 7) is 6.52. The summed E-state index contributed by atoms with van der Waals surface area (Å²) in [6, 6.07) is 0. The first-order chi connectivity index (χ1) is 6.42. The molecule has 1 aliphatic carbocycles. The number of imidazole rings is 1. The van der Waals surface area contributed by atoms with Crippen LogP contribution in [0.4, 0.5) is 0 Å². The van der Waals surface area contributed by atoms with Crippen LogP contribution in [0.3, 0.4) is 0 Å². The largest absolute Gasteiger partial charge is 0.344 e. The highest BCUT2D eigenvalue weighted by molar-refractivity contribution is 5.18. The fourth-order valence-electron chi connectivity index (χ4n) is 1.75. The van der Waals surface area contributed by atoms with Gasteiger partial charge in [-0.3, -0.25) is 0 Å². The molecule has 0 aliphatic heterocycles. The fourth-order valence-corrected chi connectivity index (χ4v) is 1.75. The van der Waals surface area contributed by atoms with Gasteiger partial charge in [0.1, 0.15) is 5.82 Å². The number of hydrogen-bond donors (Lipinski definition) is 2. The average Bonchev–Trinajstić information content (AvgIpc) is 2.46. The van der Waals surface area contributed by atoms with E-state index in [2.05, 4.69) is 30.7 Å². The molecular formula is C11H19N3. The third kappa shape index (κ3) is 1.46. The molecule has 0 unspecified atom stereocenters. The first kappa shape index (κ1) is 9.71. The van der Waals surface area contributed by atoms with E-state index in [0.717, 1.165) is 18.7 Å². The molecule has 0 spiro atoms. The zero-order chi connectivity index (χ0) is 10.4. The molecule has 0 atom stereocenters. The summed E-state index contributed by atoms with van der Waals surface area (Å²) in [6.07, 6.45) is 5.26. The Balaban J connectivity index is 2.26. The molecule has 1 saturated carbocycles. The third-order valence-corrected chi connectivity index (χ3v) is 3.10. The van der Waals surface area contributed by atoms with Gasteiger partial charge in [-0.2, -0.15) is 0 Å². The lowest BCUT2D eigenvalue weighted by Crippen LogP contribution is -2.44. The molecule has 0 saturated heterocycles. The molecule has 78 valence electrons. The first-order valence-electron chi connectivity index (χ1n) is 5.27. The maximum atomic E-state index is 6.19. The van der Waals surface area contributed by atoms with E-state index >= 15 is 0 Å². The van der Waals surface area contributed by atoms with Crippen molar-refractivity contribution in [2.75, 3.05) is 0 Å². The summed E-state index contributed by atoms with van der Waals surface area (Å²) in [4.78, 5) is 7.76. The van der Waals surface area contributed by atoms with E-state index in [9.17, 15) is 0 Å². The topological polar surface area (TPSA) is 54.7 Å². The molecule has 1 heterocycles. The molecule has 3 heteroatoms. The van der Waals surface area contributed by atoms with E-state index in [1.807, 2.05) is 6.20 Å². The summed E-state index contributed by atoms with van der Waals surface area (Å²) in [5.74, 6) is 0.966. The highest BCUT2D eigenvalue weighted by Crippen LogP contribution is 2.37. The number of nitrogens with one attached hydrogen (secondary N) is 1. The Morgan fingerprint density at radius 1 is 1.43 bits per heavy atom. The number of hydrogen-bond acceptors (Lipinski definition) is 2. The number of aromatic amines is 1. The molecule has 0 amide bonds. The van der Waals surface area contributed by atoms with Crippen LogP contribution in [0.1, 0.15) is 51.6 Å². The maximum Gasteiger partial charge on any atom is 0.126 e. The molecule has 0 radical (unpaired) electrons. The van der Waals surface area contributed by atoms with Gasteiger partial charge in [-0.05, 0) is 19.3 Å². The molecule has 1 aromatic rings. The number of aromatic nitrogens is 2. The number of nitrogens with two attached hydrogens (primary N) is 1. The van der Waals surface area contributed by atoms with E-state index in [-0.39, 0.29) is 11.0 Å². The van der Waals surface area contributed by atoms with E-state index in [1.165, 1.54) is 12.1 Å². The Kier molecular flexibility index (Phi) is 1.96. The molecular weight excluding hydrogens is 174 g/mol. The normalized spacial score (nSPS) is 20.6. The third-order valence-electron chi connectivity index (χ3n) is 3.10. The summed E-state index contributed by atoms with van der Waals surface area (Å²) < 4.78 is 0. The Morgan fingerprint density at radius 3 is 2.43 bits per heavy atom. The molecule has 3 nitrogen and oxygen atoms in total. The Labute approximate surface area is 85.1 Å². The minimum absolute atomic E-state index is 0.130. The molecule has 1 aliphatic rings. The molecule has 1 aromatic heterocycles. The summed E-state index contributed by atoms with van der Waals surface area (Å²) in [7, 11) is 0. The van der Waals surface area contributed by atoms with Crippen molar-refractivity contribution in [3.63, 3.8) is 0 Å². The molecule has 3 N–H and O–H groups in total. The van der Waals surface area contributed by atoms with Gasteiger partial charge in [0, 0.05) is 17.3 Å². The van der Waals surface area contributed by atoms with Crippen LogP contribution in [-0.4, -0.2) is 9.97 Å². The van der Waals surface area contributed by atoms with Crippen molar-refractivity contribution in [1.82, 2.24) is 9.97 Å². The van der Waals surface area contributed by atoms with E-state index in [0.29, 0.717) is 0 Å². The minimum Gasteiger partial charge on any atom is -0.344 e. The Hall–Kier alpha value is -0.830. The van der Waals surface area contributed by atoms with Crippen LogP contribution >= 0.6 is 0 Å². The van der Waals surface area contributed by atoms with E-state index in [1.54, 1.807) is 0 Å². The molecule has 0 bridgehead atoms. The molecule has 1 fully saturated rings. The van der Waals surface area contributed by atoms with Crippen molar-refractivity contribution >= 4 is 0 Å². The average molecular weight is 193 g/mol. The van der Waals surface area contributed by atoms with Gasteiger partial charge in [0.2, 0.25) is 0 Å². The van der Waals surface area contributed by atoms with Crippen LogP contribution < -0.4 is 5.73 Å². The lowest BCUT2D eigenvalue weighted by atomic mass is 9.77. The molecule has 0 aromatic carbocycles. The molecule has 14 heavy (non-hydrogen) atoms. The van der Waals surface area contributed by atoms with Crippen LogP contribution in [-0.2, 0) is 11.0 Å². The smallest absolute Gasteiger partial charge is 0.126 e. The standard InChI is InChI=1S/C11H19N3/c1-10(2,3)8-7-13-9(14-8)11(12)5-4-6-11/h7H,4-6,12H2,1-3H3,(H,13,14). The zero-order valence-corrected chi connectivity index (χ0v) is 9.22. The van der Waals surface area contributed by atoms with Crippen molar-refractivity contribution < 1.29 is 0 Å². The van der Waals surface area contributed by atoms with Crippen LogP contribution in [0.15, 0.2) is 6.20 Å². The van der Waals surface area contributed by atoms with Crippen molar-refractivity contribution in [3.05, 3.63) is 17.7 Å². The highest BCUT2D eigenvalue weighted by atomic mass is 15.0. The number of nitrogens with zero attached hydrogens (tertiary/aromatic N) is 1. The van der Waals surface area contributed by atoms with Crippen LogP contribution in [0.2, 0.25) is 0 Å². The van der Waals surface area contributed by atoms with Crippen molar-refractivity contribution in [2.45, 2.75) is 51.0 Å². The van der Waals surface area contributed by atoms with Crippen molar-refractivity contribution in [3.8, 4) is 0 Å². The van der Waals surface area contributed by atoms with E-state index in [4.69, 9.17) is 5.73 Å². The Morgan fingerprint density at radius 2 is 2.07 bits per heavy atom. The van der Waals surface area contributed by atoms with Crippen molar-refractivity contribution in [1.29, 1.82) is 0 Å². The lowest BCUT2D eigenvalue weighted by Gasteiger charge is -2.36. The maximum absolute atomic E-state index is 6.19. The number of H-pyrrole nitrogens is 1. The highest BCUT2D eigenvalue weighted by Gasteiger charge is 2.37. The van der Waals surface area contributed by atoms with Gasteiger partial charge in [-0.15, -0.1) is 0 Å². The first-order valence-corrected chi connectivity index (χ1v) is 5.27. The second-order valence-electron chi connectivity index (χ2n) is 5.41. The Bertz CT molecular complexity index is 329. The van der Waals surface area contributed by atoms with Gasteiger partial charge in [0.15, 0.2) is 0 Å². The monoisotopic (exact) mass is 193 g/mol. The van der Waals surface area contributed by atoms with Gasteiger partial charge >= 0.3 is 0 Å². The quantitative estimate of drug-likeness (QED) is 0.717. The van der Waals surface area contributed by atoms with Gasteiger partial charge in [-0.1, -0.05) is 20.8 Å². The summed E-state index contributed by atoms with van der Waals surface area (Å²) in [5.41, 5.74) is 7.32. The second kappa shape index (κ2) is 2.83. The SMILES string of the molecule is CC(C)(C)c1cnc(C2(N)CCC2)[nH]1. The lowest BCUT2D eigenvalue weighted by molar-refractivity contribution is 0.239. The van der Waals surface area contributed by atoms with E-state index < -0.39 is 0 Å². The minimum atomic E-state index is -0.163. The number of rotatable bonds is 1. The van der Waals surface area contributed by atoms with Crippen LogP contribution in [0.25, 0.3) is 0 Å². The predicted octanol–water partition coefficient (Wildman–Crippen LogP) is 2.05. The van der Waals surface area contributed by atoms with Crippen LogP contribution in [0, 0.1) is 0 Å².